The second-order valence-electron chi connectivity index (χ2n) is 6.71. The summed E-state index contributed by atoms with van der Waals surface area (Å²) in [5.41, 5.74) is 9.59. The van der Waals surface area contributed by atoms with Crippen LogP contribution in [0.15, 0.2) is 72.9 Å². The lowest BCUT2D eigenvalue weighted by molar-refractivity contribution is 0.355. The lowest BCUT2D eigenvalue weighted by Gasteiger charge is -2.13. The average molecular weight is 401 g/mol. The summed E-state index contributed by atoms with van der Waals surface area (Å²) >= 11 is 0. The molecule has 0 fully saturated rings. The molecule has 1 aromatic heterocycles. The van der Waals surface area contributed by atoms with Gasteiger partial charge in [0.25, 0.3) is 0 Å². The predicted molar refractivity (Wildman–Crippen MR) is 120 cm³/mol. The highest BCUT2D eigenvalue weighted by atomic mass is 16.5. The summed E-state index contributed by atoms with van der Waals surface area (Å²) in [6.45, 7) is 0.656. The van der Waals surface area contributed by atoms with Gasteiger partial charge in [-0.3, -0.25) is 4.98 Å². The second kappa shape index (κ2) is 8.61. The Balaban J connectivity index is 1.52. The molecule has 4 aromatic rings. The molecule has 0 atom stereocenters. The third-order valence-electron chi connectivity index (χ3n) is 4.83. The SMILES string of the molecule is COc1cc2nccc(Oc3ccc(NCc4ccccc4N)cc3)c2cc1OC. The van der Waals surface area contributed by atoms with Gasteiger partial charge < -0.3 is 25.3 Å². The molecule has 0 aliphatic heterocycles. The van der Waals surface area contributed by atoms with Crippen LogP contribution in [-0.4, -0.2) is 19.2 Å². The van der Waals surface area contributed by atoms with Crippen molar-refractivity contribution in [1.82, 2.24) is 4.98 Å². The van der Waals surface area contributed by atoms with Crippen molar-refractivity contribution in [3.8, 4) is 23.0 Å². The summed E-state index contributed by atoms with van der Waals surface area (Å²) in [5, 5.41) is 4.22. The van der Waals surface area contributed by atoms with Gasteiger partial charge in [0.2, 0.25) is 0 Å². The van der Waals surface area contributed by atoms with Crippen LogP contribution in [0.4, 0.5) is 11.4 Å². The van der Waals surface area contributed by atoms with E-state index in [9.17, 15) is 0 Å². The Hall–Kier alpha value is -3.93. The van der Waals surface area contributed by atoms with Gasteiger partial charge >= 0.3 is 0 Å². The van der Waals surface area contributed by atoms with Crippen LogP contribution in [-0.2, 0) is 6.54 Å². The first-order chi connectivity index (χ1) is 14.7. The quantitative estimate of drug-likeness (QED) is 0.412. The van der Waals surface area contributed by atoms with Crippen molar-refractivity contribution >= 4 is 22.3 Å². The van der Waals surface area contributed by atoms with Gasteiger partial charge in [-0.2, -0.15) is 0 Å². The molecule has 3 N–H and O–H groups in total. The maximum absolute atomic E-state index is 6.12. The topological polar surface area (TPSA) is 78.6 Å². The molecule has 0 aliphatic rings. The third-order valence-corrected chi connectivity index (χ3v) is 4.83. The molecule has 0 unspecified atom stereocenters. The average Bonchev–Trinajstić information content (AvgIpc) is 2.79. The van der Waals surface area contributed by atoms with E-state index in [0.29, 0.717) is 23.8 Å². The number of nitrogen functional groups attached to an aromatic ring is 1. The van der Waals surface area contributed by atoms with Gasteiger partial charge in [0.05, 0.1) is 19.7 Å². The van der Waals surface area contributed by atoms with Gasteiger partial charge in [0, 0.05) is 35.6 Å². The molecule has 0 spiro atoms. The fourth-order valence-electron chi connectivity index (χ4n) is 3.20. The predicted octanol–water partition coefficient (Wildman–Crippen LogP) is 5.24. The first kappa shape index (κ1) is 19.4. The number of benzene rings is 3. The van der Waals surface area contributed by atoms with Crippen LogP contribution in [0, 0.1) is 0 Å². The molecule has 0 aliphatic carbocycles. The number of hydrogen-bond donors (Lipinski definition) is 2. The fraction of sp³-hybridized carbons (Fsp3) is 0.125. The molecule has 6 nitrogen and oxygen atoms in total. The zero-order valence-electron chi connectivity index (χ0n) is 16.9. The fourth-order valence-corrected chi connectivity index (χ4v) is 3.20. The monoisotopic (exact) mass is 401 g/mol. The Morgan fingerprint density at radius 2 is 1.60 bits per heavy atom. The lowest BCUT2D eigenvalue weighted by Crippen LogP contribution is -2.02. The molecule has 0 saturated heterocycles. The van der Waals surface area contributed by atoms with E-state index in [1.165, 1.54) is 0 Å². The molecule has 1 heterocycles. The van der Waals surface area contributed by atoms with Crippen LogP contribution in [0.5, 0.6) is 23.0 Å². The van der Waals surface area contributed by atoms with Gasteiger partial charge in [-0.05, 0) is 48.0 Å². The van der Waals surface area contributed by atoms with Crippen LogP contribution in [0.1, 0.15) is 5.56 Å². The van der Waals surface area contributed by atoms with Crippen molar-refractivity contribution < 1.29 is 14.2 Å². The number of anilines is 2. The Bertz CT molecular complexity index is 1160. The number of pyridine rings is 1. The molecule has 152 valence electrons. The smallest absolute Gasteiger partial charge is 0.162 e. The van der Waals surface area contributed by atoms with Gasteiger partial charge in [-0.1, -0.05) is 18.2 Å². The molecule has 0 saturated carbocycles. The van der Waals surface area contributed by atoms with E-state index < -0.39 is 0 Å². The lowest BCUT2D eigenvalue weighted by atomic mass is 10.1. The Morgan fingerprint density at radius 1 is 0.867 bits per heavy atom. The van der Waals surface area contributed by atoms with E-state index in [0.717, 1.165) is 33.6 Å². The van der Waals surface area contributed by atoms with E-state index in [1.54, 1.807) is 20.4 Å². The third kappa shape index (κ3) is 4.07. The number of fused-ring (bicyclic) bond motifs is 1. The van der Waals surface area contributed by atoms with Gasteiger partial charge in [-0.15, -0.1) is 0 Å². The molecule has 0 bridgehead atoms. The Labute approximate surface area is 175 Å². The van der Waals surface area contributed by atoms with E-state index in [4.69, 9.17) is 19.9 Å². The van der Waals surface area contributed by atoms with Crippen molar-refractivity contribution in [2.75, 3.05) is 25.3 Å². The summed E-state index contributed by atoms with van der Waals surface area (Å²) in [7, 11) is 3.21. The molecule has 4 rings (SSSR count). The zero-order chi connectivity index (χ0) is 20.9. The molecule has 0 radical (unpaired) electrons. The standard InChI is InChI=1S/C24H23N3O3/c1-28-23-13-19-21(14-24(23)29-2)26-12-11-22(19)30-18-9-7-17(8-10-18)27-15-16-5-3-4-6-20(16)25/h3-14,27H,15,25H2,1-2H3. The highest BCUT2D eigenvalue weighted by molar-refractivity contribution is 5.88. The van der Waals surface area contributed by atoms with Gasteiger partial charge in [0.15, 0.2) is 11.5 Å². The maximum atomic E-state index is 6.12. The van der Waals surface area contributed by atoms with Gasteiger partial charge in [0.1, 0.15) is 11.5 Å². The summed E-state index contributed by atoms with van der Waals surface area (Å²) in [6, 6.07) is 21.2. The summed E-state index contributed by atoms with van der Waals surface area (Å²) in [6.07, 6.45) is 1.71. The number of nitrogens with one attached hydrogen (secondary N) is 1. The van der Waals surface area contributed by atoms with E-state index in [1.807, 2.05) is 66.7 Å². The first-order valence-corrected chi connectivity index (χ1v) is 9.54. The molecule has 30 heavy (non-hydrogen) atoms. The molecular weight excluding hydrogens is 378 g/mol. The van der Waals surface area contributed by atoms with Crippen molar-refractivity contribution in [3.05, 3.63) is 78.5 Å². The Morgan fingerprint density at radius 3 is 2.33 bits per heavy atom. The van der Waals surface area contributed by atoms with Crippen molar-refractivity contribution in [3.63, 3.8) is 0 Å². The number of methoxy groups -OCH3 is 2. The minimum absolute atomic E-state index is 0.627. The number of nitrogens with two attached hydrogens (primary N) is 1. The normalized spacial score (nSPS) is 10.6. The molecule has 6 heteroatoms. The van der Waals surface area contributed by atoms with Crippen LogP contribution < -0.4 is 25.3 Å². The highest BCUT2D eigenvalue weighted by Crippen LogP contribution is 2.37. The maximum Gasteiger partial charge on any atom is 0.162 e. The van der Waals surface area contributed by atoms with Crippen LogP contribution in [0.2, 0.25) is 0 Å². The number of ether oxygens (including phenoxy) is 3. The van der Waals surface area contributed by atoms with E-state index >= 15 is 0 Å². The highest BCUT2D eigenvalue weighted by Gasteiger charge is 2.11. The number of aromatic nitrogens is 1. The number of hydrogen-bond acceptors (Lipinski definition) is 6. The molecule has 3 aromatic carbocycles. The minimum atomic E-state index is 0.627. The van der Waals surface area contributed by atoms with Crippen LogP contribution in [0.25, 0.3) is 10.9 Å². The van der Waals surface area contributed by atoms with E-state index in [-0.39, 0.29) is 0 Å². The summed E-state index contributed by atoms with van der Waals surface area (Å²) in [4.78, 5) is 4.41. The van der Waals surface area contributed by atoms with Crippen molar-refractivity contribution in [2.24, 2.45) is 0 Å². The Kier molecular flexibility index (Phi) is 5.57. The van der Waals surface area contributed by atoms with E-state index in [2.05, 4.69) is 10.3 Å². The van der Waals surface area contributed by atoms with Crippen molar-refractivity contribution in [1.29, 1.82) is 0 Å². The summed E-state index contributed by atoms with van der Waals surface area (Å²) < 4.78 is 16.9. The number of nitrogens with zero attached hydrogens (tertiary/aromatic N) is 1. The molecule has 0 amide bonds. The summed E-state index contributed by atoms with van der Waals surface area (Å²) in [5.74, 6) is 2.67. The van der Waals surface area contributed by atoms with Crippen molar-refractivity contribution in [2.45, 2.75) is 6.54 Å². The molecular formula is C24H23N3O3. The minimum Gasteiger partial charge on any atom is -0.493 e. The number of para-hydroxylation sites is 1. The first-order valence-electron chi connectivity index (χ1n) is 9.54. The zero-order valence-corrected chi connectivity index (χ0v) is 16.9. The number of rotatable bonds is 7. The van der Waals surface area contributed by atoms with Crippen LogP contribution >= 0.6 is 0 Å². The second-order valence-corrected chi connectivity index (χ2v) is 6.71. The van der Waals surface area contributed by atoms with Gasteiger partial charge in [-0.25, -0.2) is 0 Å². The van der Waals surface area contributed by atoms with Crippen LogP contribution in [0.3, 0.4) is 0 Å². The largest absolute Gasteiger partial charge is 0.493 e.